The van der Waals surface area contributed by atoms with Gasteiger partial charge in [-0.25, -0.2) is 0 Å². The van der Waals surface area contributed by atoms with E-state index < -0.39 is 11.5 Å². The molecule has 0 fully saturated rings. The van der Waals surface area contributed by atoms with Crippen molar-refractivity contribution in [2.24, 2.45) is 5.41 Å². The second-order valence-corrected chi connectivity index (χ2v) is 6.87. The summed E-state index contributed by atoms with van der Waals surface area (Å²) in [6, 6.07) is 15.2. The Morgan fingerprint density at radius 1 is 0.957 bits per heavy atom. The van der Waals surface area contributed by atoms with Crippen molar-refractivity contribution in [2.75, 3.05) is 0 Å². The Bertz CT molecular complexity index is 688. The smallest absolute Gasteiger partial charge is 0.226 e. The van der Waals surface area contributed by atoms with Crippen LogP contribution in [0.4, 0.5) is 0 Å². The fourth-order valence-corrected chi connectivity index (χ4v) is 2.20. The lowest BCUT2D eigenvalue weighted by Gasteiger charge is -2.24. The summed E-state index contributed by atoms with van der Waals surface area (Å²) in [5.41, 5.74) is 0.690. The number of hydrogen-bond acceptors (Lipinski definition) is 2. The molecule has 23 heavy (non-hydrogen) atoms. The van der Waals surface area contributed by atoms with Crippen molar-refractivity contribution >= 4 is 23.3 Å². The second kappa shape index (κ2) is 6.97. The highest BCUT2D eigenvalue weighted by atomic mass is 35.5. The third-order valence-corrected chi connectivity index (χ3v) is 3.73. The van der Waals surface area contributed by atoms with E-state index in [9.17, 15) is 9.59 Å². The van der Waals surface area contributed by atoms with Crippen LogP contribution in [0.3, 0.4) is 0 Å². The standard InChI is InChI=1S/C19H20ClNO2/c1-19(2,3)18(23)21-16(13-7-5-4-6-8-13)17(22)14-9-11-15(20)12-10-14/h4-12,16H,1-3H3,(H,21,23)/t16-/m0/s1. The topological polar surface area (TPSA) is 46.2 Å². The van der Waals surface area contributed by atoms with E-state index >= 15 is 0 Å². The summed E-state index contributed by atoms with van der Waals surface area (Å²) in [5.74, 6) is -0.334. The van der Waals surface area contributed by atoms with Gasteiger partial charge in [-0.3, -0.25) is 9.59 Å². The van der Waals surface area contributed by atoms with Crippen LogP contribution in [0, 0.1) is 5.41 Å². The molecule has 0 aliphatic carbocycles. The molecule has 0 bridgehead atoms. The molecule has 0 spiro atoms. The zero-order valence-corrected chi connectivity index (χ0v) is 14.2. The molecule has 120 valence electrons. The Labute approximate surface area is 141 Å². The molecule has 0 aromatic heterocycles. The minimum Gasteiger partial charge on any atom is -0.341 e. The summed E-state index contributed by atoms with van der Waals surface area (Å²) in [6.07, 6.45) is 0. The molecule has 4 heteroatoms. The summed E-state index contributed by atoms with van der Waals surface area (Å²) >= 11 is 5.88. The van der Waals surface area contributed by atoms with Crippen LogP contribution in [-0.2, 0) is 4.79 Å². The Morgan fingerprint density at radius 3 is 2.04 bits per heavy atom. The number of hydrogen-bond donors (Lipinski definition) is 1. The van der Waals surface area contributed by atoms with Crippen LogP contribution in [0.15, 0.2) is 54.6 Å². The first-order valence-corrected chi connectivity index (χ1v) is 7.82. The summed E-state index contributed by atoms with van der Waals surface area (Å²) in [4.78, 5) is 25.2. The first-order chi connectivity index (χ1) is 10.8. The van der Waals surface area contributed by atoms with Crippen LogP contribution < -0.4 is 5.32 Å². The van der Waals surface area contributed by atoms with E-state index in [1.54, 1.807) is 24.3 Å². The lowest BCUT2D eigenvalue weighted by atomic mass is 9.92. The number of ketones is 1. The highest BCUT2D eigenvalue weighted by Crippen LogP contribution is 2.22. The molecule has 0 unspecified atom stereocenters. The number of nitrogens with one attached hydrogen (secondary N) is 1. The number of carbonyl (C=O) groups is 2. The SMILES string of the molecule is CC(C)(C)C(=O)N[C@H](C(=O)c1ccc(Cl)cc1)c1ccccc1. The predicted octanol–water partition coefficient (Wildman–Crippen LogP) is 4.43. The van der Waals surface area contributed by atoms with Gasteiger partial charge < -0.3 is 5.32 Å². The zero-order chi connectivity index (χ0) is 17.0. The zero-order valence-electron chi connectivity index (χ0n) is 13.5. The maximum absolute atomic E-state index is 12.9. The van der Waals surface area contributed by atoms with Gasteiger partial charge in [-0.05, 0) is 29.8 Å². The maximum atomic E-state index is 12.9. The van der Waals surface area contributed by atoms with Crippen LogP contribution in [0.5, 0.6) is 0 Å². The highest BCUT2D eigenvalue weighted by molar-refractivity contribution is 6.30. The predicted molar refractivity (Wildman–Crippen MR) is 92.6 cm³/mol. The van der Waals surface area contributed by atoms with Gasteiger partial charge in [-0.2, -0.15) is 0 Å². The first kappa shape index (κ1) is 17.2. The van der Waals surface area contributed by atoms with Gasteiger partial charge in [-0.1, -0.05) is 62.7 Å². The summed E-state index contributed by atoms with van der Waals surface area (Å²) in [6.45, 7) is 5.45. The van der Waals surface area contributed by atoms with Crippen LogP contribution in [0.1, 0.15) is 42.7 Å². The fourth-order valence-electron chi connectivity index (χ4n) is 2.07. The molecule has 3 nitrogen and oxygen atoms in total. The molecule has 0 heterocycles. The van der Waals surface area contributed by atoms with E-state index in [1.807, 2.05) is 51.1 Å². The molecule has 0 saturated carbocycles. The Hall–Kier alpha value is -2.13. The van der Waals surface area contributed by atoms with Gasteiger partial charge in [0.05, 0.1) is 0 Å². The van der Waals surface area contributed by atoms with Crippen molar-refractivity contribution in [3.63, 3.8) is 0 Å². The molecule has 0 aliphatic heterocycles. The number of rotatable bonds is 4. The van der Waals surface area contributed by atoms with Gasteiger partial charge in [0.25, 0.3) is 0 Å². The molecule has 2 aromatic rings. The van der Waals surface area contributed by atoms with E-state index in [2.05, 4.69) is 5.32 Å². The lowest BCUT2D eigenvalue weighted by Crippen LogP contribution is -2.40. The second-order valence-electron chi connectivity index (χ2n) is 6.44. The third-order valence-electron chi connectivity index (χ3n) is 3.48. The van der Waals surface area contributed by atoms with Crippen molar-refractivity contribution < 1.29 is 9.59 Å². The van der Waals surface area contributed by atoms with Crippen LogP contribution in [0.2, 0.25) is 5.02 Å². The molecule has 0 radical (unpaired) electrons. The van der Waals surface area contributed by atoms with Crippen molar-refractivity contribution in [3.8, 4) is 0 Å². The quantitative estimate of drug-likeness (QED) is 0.844. The van der Waals surface area contributed by atoms with Gasteiger partial charge in [0.2, 0.25) is 5.91 Å². The van der Waals surface area contributed by atoms with Crippen LogP contribution in [-0.4, -0.2) is 11.7 Å². The largest absolute Gasteiger partial charge is 0.341 e. The molecule has 0 saturated heterocycles. The molecule has 1 amide bonds. The average molecular weight is 330 g/mol. The number of amides is 1. The molecule has 2 aromatic carbocycles. The van der Waals surface area contributed by atoms with E-state index in [1.165, 1.54) is 0 Å². The molecule has 1 N–H and O–H groups in total. The molecular weight excluding hydrogens is 310 g/mol. The van der Waals surface area contributed by atoms with Crippen molar-refractivity contribution in [3.05, 3.63) is 70.7 Å². The maximum Gasteiger partial charge on any atom is 0.226 e. The summed E-state index contributed by atoms with van der Waals surface area (Å²) in [5, 5.41) is 3.43. The average Bonchev–Trinajstić information content (AvgIpc) is 2.52. The van der Waals surface area contributed by atoms with E-state index in [0.29, 0.717) is 10.6 Å². The fraction of sp³-hybridized carbons (Fsp3) is 0.263. The van der Waals surface area contributed by atoms with Crippen molar-refractivity contribution in [1.82, 2.24) is 5.32 Å². The summed E-state index contributed by atoms with van der Waals surface area (Å²) in [7, 11) is 0. The van der Waals surface area contributed by atoms with Gasteiger partial charge in [0.1, 0.15) is 6.04 Å². The van der Waals surface area contributed by atoms with Crippen molar-refractivity contribution in [2.45, 2.75) is 26.8 Å². The Balaban J connectivity index is 2.35. The molecule has 1 atom stereocenters. The Morgan fingerprint density at radius 2 is 1.52 bits per heavy atom. The molecule has 0 aliphatic rings. The number of benzene rings is 2. The normalized spacial score (nSPS) is 12.5. The monoisotopic (exact) mass is 329 g/mol. The minimum atomic E-state index is -0.718. The summed E-state index contributed by atoms with van der Waals surface area (Å²) < 4.78 is 0. The van der Waals surface area contributed by atoms with Gasteiger partial charge in [0, 0.05) is 16.0 Å². The van der Waals surface area contributed by atoms with Gasteiger partial charge in [0.15, 0.2) is 5.78 Å². The van der Waals surface area contributed by atoms with Crippen LogP contribution >= 0.6 is 11.6 Å². The molecule has 2 rings (SSSR count). The first-order valence-electron chi connectivity index (χ1n) is 7.45. The van der Waals surface area contributed by atoms with Gasteiger partial charge in [-0.15, -0.1) is 0 Å². The van der Waals surface area contributed by atoms with Gasteiger partial charge >= 0.3 is 0 Å². The van der Waals surface area contributed by atoms with Crippen molar-refractivity contribution in [1.29, 1.82) is 0 Å². The molecular formula is C19H20ClNO2. The Kier molecular flexibility index (Phi) is 5.22. The van der Waals surface area contributed by atoms with E-state index in [4.69, 9.17) is 11.6 Å². The number of carbonyl (C=O) groups excluding carboxylic acids is 2. The number of Topliss-reactive ketones (excluding diaryl/α,β-unsaturated/α-hetero) is 1. The number of halogens is 1. The third kappa shape index (κ3) is 4.42. The lowest BCUT2D eigenvalue weighted by molar-refractivity contribution is -0.129. The van der Waals surface area contributed by atoms with E-state index in [0.717, 1.165) is 5.56 Å². The highest BCUT2D eigenvalue weighted by Gasteiger charge is 2.29. The van der Waals surface area contributed by atoms with Crippen LogP contribution in [0.25, 0.3) is 0 Å². The van der Waals surface area contributed by atoms with E-state index in [-0.39, 0.29) is 11.7 Å². The minimum absolute atomic E-state index is 0.162.